The van der Waals surface area contributed by atoms with Gasteiger partial charge in [0.1, 0.15) is 0 Å². The van der Waals surface area contributed by atoms with Crippen molar-refractivity contribution in [1.82, 2.24) is 10.2 Å². The Kier molecular flexibility index (Phi) is 5.35. The highest BCUT2D eigenvalue weighted by atomic mass is 35.5. The molecule has 0 aromatic heterocycles. The zero-order valence-electron chi connectivity index (χ0n) is 16.6. The molecule has 1 aliphatic carbocycles. The molecule has 2 fully saturated rings. The van der Waals surface area contributed by atoms with Crippen LogP contribution in [0.15, 0.2) is 48.5 Å². The van der Waals surface area contributed by atoms with Gasteiger partial charge in [-0.05, 0) is 62.2 Å². The molecule has 1 atom stereocenters. The quantitative estimate of drug-likeness (QED) is 0.828. The lowest BCUT2D eigenvalue weighted by molar-refractivity contribution is -0.124. The van der Waals surface area contributed by atoms with Crippen LogP contribution in [0.4, 0.5) is 5.69 Å². The van der Waals surface area contributed by atoms with Crippen LogP contribution in [-0.4, -0.2) is 44.0 Å². The minimum absolute atomic E-state index is 0.0225. The number of nitrogens with zero attached hydrogens (tertiary/aromatic N) is 2. The van der Waals surface area contributed by atoms with Crippen LogP contribution in [0.1, 0.15) is 36.9 Å². The molecule has 4 rings (SSSR count). The van der Waals surface area contributed by atoms with Crippen LogP contribution in [0.2, 0.25) is 5.02 Å². The van der Waals surface area contributed by atoms with E-state index >= 15 is 0 Å². The van der Waals surface area contributed by atoms with Crippen LogP contribution in [0.5, 0.6) is 0 Å². The summed E-state index contributed by atoms with van der Waals surface area (Å²) in [5.74, 6) is 0.102. The summed E-state index contributed by atoms with van der Waals surface area (Å²) >= 11 is 6.13. The molecule has 4 nitrogen and oxygen atoms in total. The predicted octanol–water partition coefficient (Wildman–Crippen LogP) is 4.00. The molecule has 1 aliphatic heterocycles. The third kappa shape index (κ3) is 3.89. The SMILES string of the molecule is C[C@H](NC(=O)C1(c2cccc(Cl)c2)CC1)c1ccc(N2CCN(C)CC2)cc1. The summed E-state index contributed by atoms with van der Waals surface area (Å²) in [7, 11) is 2.17. The van der Waals surface area contributed by atoms with Gasteiger partial charge >= 0.3 is 0 Å². The largest absolute Gasteiger partial charge is 0.369 e. The Balaban J connectivity index is 1.41. The number of piperazine rings is 1. The number of halogens is 1. The molecule has 1 amide bonds. The van der Waals surface area contributed by atoms with Crippen LogP contribution in [-0.2, 0) is 10.2 Å². The fourth-order valence-corrected chi connectivity index (χ4v) is 4.20. The number of amides is 1. The standard InChI is InChI=1S/C23H28ClN3O/c1-17(18-6-8-21(9-7-18)27-14-12-26(2)13-15-27)25-22(28)23(10-11-23)19-4-3-5-20(24)16-19/h3-9,16-17H,10-15H2,1-2H3,(H,25,28)/t17-/m0/s1. The smallest absolute Gasteiger partial charge is 0.231 e. The number of anilines is 1. The van der Waals surface area contributed by atoms with Crippen molar-refractivity contribution in [1.29, 1.82) is 0 Å². The maximum atomic E-state index is 13.0. The van der Waals surface area contributed by atoms with Gasteiger partial charge in [0.25, 0.3) is 0 Å². The Morgan fingerprint density at radius 2 is 1.75 bits per heavy atom. The molecule has 0 unspecified atom stereocenters. The second kappa shape index (κ2) is 7.76. The first-order valence-corrected chi connectivity index (χ1v) is 10.5. The highest BCUT2D eigenvalue weighted by Gasteiger charge is 2.51. The maximum absolute atomic E-state index is 13.0. The van der Waals surface area contributed by atoms with Gasteiger partial charge < -0.3 is 15.1 Å². The molecule has 2 aromatic carbocycles. The summed E-state index contributed by atoms with van der Waals surface area (Å²) in [4.78, 5) is 17.8. The first kappa shape index (κ1) is 19.3. The Morgan fingerprint density at radius 1 is 1.07 bits per heavy atom. The Hall–Kier alpha value is -2.04. The van der Waals surface area contributed by atoms with Gasteiger partial charge in [-0.3, -0.25) is 4.79 Å². The van der Waals surface area contributed by atoms with Crippen LogP contribution in [0.25, 0.3) is 0 Å². The number of likely N-dealkylation sites (N-methyl/N-ethyl adjacent to an activating group) is 1. The first-order valence-electron chi connectivity index (χ1n) is 10.1. The molecule has 148 valence electrons. The molecule has 5 heteroatoms. The van der Waals surface area contributed by atoms with Crippen molar-refractivity contribution in [3.63, 3.8) is 0 Å². The molecule has 1 N–H and O–H groups in total. The van der Waals surface area contributed by atoms with Crippen LogP contribution in [0, 0.1) is 0 Å². The number of rotatable bonds is 5. The minimum atomic E-state index is -0.404. The topological polar surface area (TPSA) is 35.6 Å². The maximum Gasteiger partial charge on any atom is 0.231 e. The van der Waals surface area contributed by atoms with Gasteiger partial charge in [-0.15, -0.1) is 0 Å². The zero-order chi connectivity index (χ0) is 19.7. The van der Waals surface area contributed by atoms with Crippen molar-refractivity contribution in [2.24, 2.45) is 0 Å². The van der Waals surface area contributed by atoms with Crippen molar-refractivity contribution in [2.75, 3.05) is 38.1 Å². The zero-order valence-corrected chi connectivity index (χ0v) is 17.4. The second-order valence-corrected chi connectivity index (χ2v) is 8.61. The van der Waals surface area contributed by atoms with Crippen LogP contribution >= 0.6 is 11.6 Å². The van der Waals surface area contributed by atoms with E-state index in [-0.39, 0.29) is 11.9 Å². The molecule has 0 bridgehead atoms. The van der Waals surface area contributed by atoms with E-state index in [4.69, 9.17) is 11.6 Å². The normalized spacial score (nSPS) is 19.9. The van der Waals surface area contributed by atoms with Crippen molar-refractivity contribution in [2.45, 2.75) is 31.2 Å². The van der Waals surface area contributed by atoms with E-state index in [9.17, 15) is 4.79 Å². The summed E-state index contributed by atoms with van der Waals surface area (Å²) in [5.41, 5.74) is 3.01. The summed E-state index contributed by atoms with van der Waals surface area (Å²) in [6, 6.07) is 16.3. The molecule has 0 spiro atoms. The van der Waals surface area contributed by atoms with Gasteiger partial charge in [-0.2, -0.15) is 0 Å². The van der Waals surface area contributed by atoms with Crippen molar-refractivity contribution in [3.05, 3.63) is 64.7 Å². The Bertz CT molecular complexity index is 839. The molecule has 28 heavy (non-hydrogen) atoms. The summed E-state index contributed by atoms with van der Waals surface area (Å²) < 4.78 is 0. The minimum Gasteiger partial charge on any atom is -0.369 e. The van der Waals surface area contributed by atoms with Crippen LogP contribution < -0.4 is 10.2 Å². The molecule has 2 aliphatic rings. The highest BCUT2D eigenvalue weighted by Crippen LogP contribution is 2.49. The lowest BCUT2D eigenvalue weighted by Gasteiger charge is -2.34. The van der Waals surface area contributed by atoms with E-state index in [0.29, 0.717) is 5.02 Å². The molecule has 0 radical (unpaired) electrons. The molecular weight excluding hydrogens is 370 g/mol. The van der Waals surface area contributed by atoms with E-state index in [1.54, 1.807) is 0 Å². The van der Waals surface area contributed by atoms with Gasteiger partial charge in [0.05, 0.1) is 11.5 Å². The van der Waals surface area contributed by atoms with E-state index in [1.165, 1.54) is 5.69 Å². The number of hydrogen-bond acceptors (Lipinski definition) is 3. The van der Waals surface area contributed by atoms with Gasteiger partial charge in [-0.25, -0.2) is 0 Å². The average molecular weight is 398 g/mol. The second-order valence-electron chi connectivity index (χ2n) is 8.17. The fourth-order valence-electron chi connectivity index (χ4n) is 4.01. The lowest BCUT2D eigenvalue weighted by Crippen LogP contribution is -2.44. The number of benzene rings is 2. The predicted molar refractivity (Wildman–Crippen MR) is 115 cm³/mol. The molecule has 2 aromatic rings. The Labute approximate surface area is 172 Å². The third-order valence-corrected chi connectivity index (χ3v) is 6.41. The fraction of sp³-hybridized carbons (Fsp3) is 0.435. The number of hydrogen-bond donors (Lipinski definition) is 1. The lowest BCUT2D eigenvalue weighted by atomic mass is 9.94. The number of nitrogens with one attached hydrogen (secondary N) is 1. The molecule has 1 saturated carbocycles. The van der Waals surface area contributed by atoms with E-state index in [0.717, 1.165) is 50.1 Å². The summed E-state index contributed by atoms with van der Waals surface area (Å²) in [6.07, 6.45) is 1.77. The van der Waals surface area contributed by atoms with Crippen LogP contribution in [0.3, 0.4) is 0 Å². The average Bonchev–Trinajstić information content (AvgIpc) is 3.51. The molecular formula is C23H28ClN3O. The molecule has 1 heterocycles. The highest BCUT2D eigenvalue weighted by molar-refractivity contribution is 6.30. The van der Waals surface area contributed by atoms with Gasteiger partial charge in [0.15, 0.2) is 0 Å². The third-order valence-electron chi connectivity index (χ3n) is 6.17. The number of carbonyl (C=O) groups excluding carboxylic acids is 1. The van der Waals surface area contributed by atoms with E-state index < -0.39 is 5.41 Å². The van der Waals surface area contributed by atoms with Crippen molar-refractivity contribution >= 4 is 23.2 Å². The summed E-state index contributed by atoms with van der Waals surface area (Å²) in [5, 5.41) is 3.90. The first-order chi connectivity index (χ1) is 13.5. The van der Waals surface area contributed by atoms with E-state index in [1.807, 2.05) is 24.3 Å². The van der Waals surface area contributed by atoms with Gasteiger partial charge in [0, 0.05) is 36.9 Å². The monoisotopic (exact) mass is 397 g/mol. The van der Waals surface area contributed by atoms with Crippen molar-refractivity contribution < 1.29 is 4.79 Å². The van der Waals surface area contributed by atoms with E-state index in [2.05, 4.69) is 53.4 Å². The molecule has 1 saturated heterocycles. The van der Waals surface area contributed by atoms with Gasteiger partial charge in [0.2, 0.25) is 5.91 Å². The number of carbonyl (C=O) groups is 1. The summed E-state index contributed by atoms with van der Waals surface area (Å²) in [6.45, 7) is 6.37. The van der Waals surface area contributed by atoms with Gasteiger partial charge in [-0.1, -0.05) is 35.9 Å². The Morgan fingerprint density at radius 3 is 2.36 bits per heavy atom. The van der Waals surface area contributed by atoms with Crippen molar-refractivity contribution in [3.8, 4) is 0 Å².